The SMILES string of the molecule is CCCN=C(N)CCC1CCC1. The highest BCUT2D eigenvalue weighted by Gasteiger charge is 2.16. The molecule has 0 bridgehead atoms. The number of rotatable bonds is 5. The minimum Gasteiger partial charge on any atom is -0.387 e. The van der Waals surface area contributed by atoms with E-state index in [4.69, 9.17) is 5.73 Å². The van der Waals surface area contributed by atoms with Crippen molar-refractivity contribution >= 4 is 5.84 Å². The Bertz CT molecular complexity index is 148. The average molecular weight is 168 g/mol. The lowest BCUT2D eigenvalue weighted by Gasteiger charge is -2.24. The summed E-state index contributed by atoms with van der Waals surface area (Å²) in [7, 11) is 0. The molecule has 2 N–H and O–H groups in total. The van der Waals surface area contributed by atoms with Crippen molar-refractivity contribution in [2.24, 2.45) is 16.6 Å². The summed E-state index contributed by atoms with van der Waals surface area (Å²) >= 11 is 0. The van der Waals surface area contributed by atoms with E-state index < -0.39 is 0 Å². The van der Waals surface area contributed by atoms with Gasteiger partial charge in [-0.25, -0.2) is 0 Å². The molecule has 1 aliphatic carbocycles. The largest absolute Gasteiger partial charge is 0.387 e. The van der Waals surface area contributed by atoms with Gasteiger partial charge in [-0.1, -0.05) is 26.2 Å². The van der Waals surface area contributed by atoms with Gasteiger partial charge in [0.2, 0.25) is 0 Å². The van der Waals surface area contributed by atoms with Crippen molar-refractivity contribution in [2.45, 2.75) is 45.4 Å². The van der Waals surface area contributed by atoms with Gasteiger partial charge in [0, 0.05) is 13.0 Å². The molecule has 1 aliphatic rings. The highest BCUT2D eigenvalue weighted by Crippen LogP contribution is 2.30. The summed E-state index contributed by atoms with van der Waals surface area (Å²) in [6.07, 6.45) is 7.65. The quantitative estimate of drug-likeness (QED) is 0.496. The van der Waals surface area contributed by atoms with Crippen LogP contribution in [0, 0.1) is 5.92 Å². The maximum absolute atomic E-state index is 5.74. The fourth-order valence-corrected chi connectivity index (χ4v) is 1.47. The Balaban J connectivity index is 2.04. The molecule has 0 amide bonds. The first kappa shape index (κ1) is 9.56. The fraction of sp³-hybridized carbons (Fsp3) is 0.900. The van der Waals surface area contributed by atoms with Crippen molar-refractivity contribution in [3.63, 3.8) is 0 Å². The predicted octanol–water partition coefficient (Wildman–Crippen LogP) is 2.33. The molecule has 0 aromatic heterocycles. The normalized spacial score (nSPS) is 19.2. The molecule has 1 fully saturated rings. The van der Waals surface area contributed by atoms with Crippen LogP contribution in [0.5, 0.6) is 0 Å². The maximum Gasteiger partial charge on any atom is 0.0937 e. The predicted molar refractivity (Wildman–Crippen MR) is 53.4 cm³/mol. The zero-order chi connectivity index (χ0) is 8.81. The summed E-state index contributed by atoms with van der Waals surface area (Å²) in [6.45, 7) is 3.03. The Kier molecular flexibility index (Phi) is 4.12. The van der Waals surface area contributed by atoms with Crippen molar-refractivity contribution in [3.8, 4) is 0 Å². The van der Waals surface area contributed by atoms with E-state index in [9.17, 15) is 0 Å². The summed E-state index contributed by atoms with van der Waals surface area (Å²) in [5.41, 5.74) is 5.74. The van der Waals surface area contributed by atoms with E-state index in [1.54, 1.807) is 0 Å². The van der Waals surface area contributed by atoms with Gasteiger partial charge in [0.1, 0.15) is 0 Å². The van der Waals surface area contributed by atoms with Crippen molar-refractivity contribution < 1.29 is 0 Å². The molecule has 0 heterocycles. The highest BCUT2D eigenvalue weighted by atomic mass is 14.8. The molecule has 0 aromatic carbocycles. The molecular formula is C10H20N2. The summed E-state index contributed by atoms with van der Waals surface area (Å²) in [4.78, 5) is 4.27. The first-order valence-corrected chi connectivity index (χ1v) is 5.11. The Morgan fingerprint density at radius 1 is 1.50 bits per heavy atom. The van der Waals surface area contributed by atoms with Gasteiger partial charge in [0.15, 0.2) is 0 Å². The third kappa shape index (κ3) is 3.24. The second-order valence-corrected chi connectivity index (χ2v) is 3.71. The Morgan fingerprint density at radius 3 is 2.75 bits per heavy atom. The zero-order valence-electron chi connectivity index (χ0n) is 8.05. The third-order valence-corrected chi connectivity index (χ3v) is 2.57. The molecular weight excluding hydrogens is 148 g/mol. The van der Waals surface area contributed by atoms with Crippen molar-refractivity contribution in [2.75, 3.05) is 6.54 Å². The van der Waals surface area contributed by atoms with Gasteiger partial charge in [-0.15, -0.1) is 0 Å². The van der Waals surface area contributed by atoms with Crippen LogP contribution >= 0.6 is 0 Å². The smallest absolute Gasteiger partial charge is 0.0937 e. The van der Waals surface area contributed by atoms with Crippen LogP contribution in [0.25, 0.3) is 0 Å². The molecule has 1 saturated carbocycles. The Labute approximate surface area is 75.3 Å². The first-order valence-electron chi connectivity index (χ1n) is 5.11. The number of nitrogens with zero attached hydrogens (tertiary/aromatic N) is 1. The highest BCUT2D eigenvalue weighted by molar-refractivity contribution is 5.80. The van der Waals surface area contributed by atoms with Crippen LogP contribution in [0.4, 0.5) is 0 Å². The first-order chi connectivity index (χ1) is 5.83. The molecule has 0 atom stereocenters. The van der Waals surface area contributed by atoms with Gasteiger partial charge in [-0.3, -0.25) is 4.99 Å². The lowest BCUT2D eigenvalue weighted by Crippen LogP contribution is -2.17. The third-order valence-electron chi connectivity index (χ3n) is 2.57. The van der Waals surface area contributed by atoms with E-state index >= 15 is 0 Å². The Hall–Kier alpha value is -0.530. The molecule has 0 radical (unpaired) electrons. The molecule has 0 aromatic rings. The summed E-state index contributed by atoms with van der Waals surface area (Å²) in [5, 5.41) is 0. The van der Waals surface area contributed by atoms with E-state index in [1.807, 2.05) is 0 Å². The van der Waals surface area contributed by atoms with Crippen LogP contribution in [-0.4, -0.2) is 12.4 Å². The van der Waals surface area contributed by atoms with E-state index in [2.05, 4.69) is 11.9 Å². The van der Waals surface area contributed by atoms with Gasteiger partial charge in [-0.2, -0.15) is 0 Å². The lowest BCUT2D eigenvalue weighted by atomic mass is 9.82. The van der Waals surface area contributed by atoms with Crippen LogP contribution < -0.4 is 5.73 Å². The van der Waals surface area contributed by atoms with Crippen molar-refractivity contribution in [3.05, 3.63) is 0 Å². The minimum absolute atomic E-state index is 0.865. The van der Waals surface area contributed by atoms with Crippen LogP contribution in [0.2, 0.25) is 0 Å². The van der Waals surface area contributed by atoms with Gasteiger partial charge < -0.3 is 5.73 Å². The van der Waals surface area contributed by atoms with E-state index in [1.165, 1.54) is 25.7 Å². The topological polar surface area (TPSA) is 38.4 Å². The zero-order valence-corrected chi connectivity index (χ0v) is 8.05. The lowest BCUT2D eigenvalue weighted by molar-refractivity contribution is 0.300. The van der Waals surface area contributed by atoms with Gasteiger partial charge in [-0.05, 0) is 18.8 Å². The molecule has 1 rings (SSSR count). The summed E-state index contributed by atoms with van der Waals surface area (Å²) < 4.78 is 0. The molecule has 2 heteroatoms. The van der Waals surface area contributed by atoms with Crippen molar-refractivity contribution in [1.82, 2.24) is 0 Å². The number of aliphatic imine (C=N–C) groups is 1. The standard InChI is InChI=1S/C10H20N2/c1-2-8-12-10(11)7-6-9-4-3-5-9/h9H,2-8H2,1H3,(H2,11,12). The van der Waals surface area contributed by atoms with E-state index in [-0.39, 0.29) is 0 Å². The number of hydrogen-bond donors (Lipinski definition) is 1. The maximum atomic E-state index is 5.74. The van der Waals surface area contributed by atoms with Crippen LogP contribution in [-0.2, 0) is 0 Å². The molecule has 0 unspecified atom stereocenters. The van der Waals surface area contributed by atoms with Gasteiger partial charge >= 0.3 is 0 Å². The number of hydrogen-bond acceptors (Lipinski definition) is 1. The van der Waals surface area contributed by atoms with Crippen LogP contribution in [0.15, 0.2) is 4.99 Å². The molecule has 70 valence electrons. The second kappa shape index (κ2) is 5.18. The fourth-order valence-electron chi connectivity index (χ4n) is 1.47. The molecule has 12 heavy (non-hydrogen) atoms. The minimum atomic E-state index is 0.865. The van der Waals surface area contributed by atoms with E-state index in [0.29, 0.717) is 0 Å². The van der Waals surface area contributed by atoms with Crippen LogP contribution in [0.3, 0.4) is 0 Å². The monoisotopic (exact) mass is 168 g/mol. The molecule has 0 aliphatic heterocycles. The van der Waals surface area contributed by atoms with Gasteiger partial charge in [0.25, 0.3) is 0 Å². The number of nitrogens with two attached hydrogens (primary N) is 1. The van der Waals surface area contributed by atoms with Gasteiger partial charge in [0.05, 0.1) is 5.84 Å². The Morgan fingerprint density at radius 2 is 2.25 bits per heavy atom. The average Bonchev–Trinajstić information content (AvgIpc) is 1.98. The van der Waals surface area contributed by atoms with E-state index in [0.717, 1.165) is 31.1 Å². The number of amidine groups is 1. The molecule has 2 nitrogen and oxygen atoms in total. The summed E-state index contributed by atoms with van der Waals surface area (Å²) in [6, 6.07) is 0. The van der Waals surface area contributed by atoms with Crippen LogP contribution in [0.1, 0.15) is 45.4 Å². The molecule has 0 spiro atoms. The molecule has 0 saturated heterocycles. The summed E-state index contributed by atoms with van der Waals surface area (Å²) in [5.74, 6) is 1.82. The second-order valence-electron chi connectivity index (χ2n) is 3.71. The van der Waals surface area contributed by atoms with Crippen molar-refractivity contribution in [1.29, 1.82) is 0 Å².